The van der Waals surface area contributed by atoms with Gasteiger partial charge in [-0.3, -0.25) is 0 Å². The summed E-state index contributed by atoms with van der Waals surface area (Å²) in [6.45, 7) is 7.85. The second-order valence-corrected chi connectivity index (χ2v) is 5.54. The summed E-state index contributed by atoms with van der Waals surface area (Å²) >= 11 is 0. The number of benzene rings is 1. The number of hydrogen-bond donors (Lipinski definition) is 2. The second kappa shape index (κ2) is 7.14. The van der Waals surface area contributed by atoms with E-state index in [9.17, 15) is 4.79 Å². The third-order valence-electron chi connectivity index (χ3n) is 3.16. The Balaban J connectivity index is 2.72. The number of nitrogens with zero attached hydrogens (tertiary/aromatic N) is 1. The zero-order chi connectivity index (χ0) is 15.2. The van der Waals surface area contributed by atoms with Crippen molar-refractivity contribution in [3.05, 3.63) is 24.3 Å². The summed E-state index contributed by atoms with van der Waals surface area (Å²) in [7, 11) is 1.60. The number of amides is 2. The normalized spacial score (nSPS) is 11.1. The number of methoxy groups -OCH3 is 1. The molecule has 2 amide bonds. The van der Waals surface area contributed by atoms with Crippen molar-refractivity contribution >= 4 is 11.7 Å². The highest BCUT2D eigenvalue weighted by atomic mass is 16.5. The molecular formula is C15H25N3O2. The fourth-order valence-corrected chi connectivity index (χ4v) is 1.81. The van der Waals surface area contributed by atoms with Gasteiger partial charge in [0.05, 0.1) is 7.11 Å². The number of anilines is 1. The summed E-state index contributed by atoms with van der Waals surface area (Å²) in [5, 5.41) is 2.88. The largest absolute Gasteiger partial charge is 0.497 e. The molecule has 0 spiro atoms. The number of hydrogen-bond acceptors (Lipinski definition) is 3. The second-order valence-electron chi connectivity index (χ2n) is 5.54. The van der Waals surface area contributed by atoms with Crippen LogP contribution < -0.4 is 15.8 Å². The van der Waals surface area contributed by atoms with Gasteiger partial charge in [-0.2, -0.15) is 0 Å². The molecule has 0 unspecified atom stereocenters. The Hall–Kier alpha value is -1.75. The molecule has 5 nitrogen and oxygen atoms in total. The molecule has 0 heterocycles. The van der Waals surface area contributed by atoms with E-state index in [1.165, 1.54) is 0 Å². The van der Waals surface area contributed by atoms with Gasteiger partial charge in [-0.1, -0.05) is 19.9 Å². The molecule has 0 atom stereocenters. The van der Waals surface area contributed by atoms with Gasteiger partial charge >= 0.3 is 6.03 Å². The summed E-state index contributed by atoms with van der Waals surface area (Å²) in [4.78, 5) is 14.0. The number of ether oxygens (including phenoxy) is 1. The fourth-order valence-electron chi connectivity index (χ4n) is 1.81. The average molecular weight is 279 g/mol. The Morgan fingerprint density at radius 3 is 2.70 bits per heavy atom. The molecule has 0 aliphatic carbocycles. The molecular weight excluding hydrogens is 254 g/mol. The third-order valence-corrected chi connectivity index (χ3v) is 3.16. The third kappa shape index (κ3) is 4.74. The Morgan fingerprint density at radius 2 is 2.15 bits per heavy atom. The number of urea groups is 1. The van der Waals surface area contributed by atoms with E-state index in [0.29, 0.717) is 25.4 Å². The van der Waals surface area contributed by atoms with Gasteiger partial charge in [-0.05, 0) is 31.0 Å². The molecule has 0 saturated carbocycles. The number of nitrogens with two attached hydrogens (primary N) is 1. The van der Waals surface area contributed by atoms with Crippen molar-refractivity contribution in [1.82, 2.24) is 4.90 Å². The number of nitrogens with one attached hydrogen (secondary N) is 1. The minimum absolute atomic E-state index is 0.0955. The molecule has 0 radical (unpaired) electrons. The van der Waals surface area contributed by atoms with E-state index < -0.39 is 0 Å². The first-order chi connectivity index (χ1) is 9.41. The van der Waals surface area contributed by atoms with Gasteiger partial charge in [-0.25, -0.2) is 4.79 Å². The van der Waals surface area contributed by atoms with Crippen LogP contribution in [-0.2, 0) is 0 Å². The first-order valence-corrected chi connectivity index (χ1v) is 6.82. The highest BCUT2D eigenvalue weighted by molar-refractivity contribution is 5.89. The van der Waals surface area contributed by atoms with Crippen molar-refractivity contribution in [1.29, 1.82) is 0 Å². The minimum atomic E-state index is -0.123. The van der Waals surface area contributed by atoms with Crippen LogP contribution in [0.2, 0.25) is 0 Å². The van der Waals surface area contributed by atoms with Gasteiger partial charge in [0.1, 0.15) is 5.75 Å². The molecule has 1 aromatic carbocycles. The maximum Gasteiger partial charge on any atom is 0.321 e. The molecule has 1 aromatic rings. The van der Waals surface area contributed by atoms with Crippen LogP contribution >= 0.6 is 0 Å². The smallest absolute Gasteiger partial charge is 0.321 e. The maximum atomic E-state index is 12.3. The summed E-state index contributed by atoms with van der Waals surface area (Å²) in [5.41, 5.74) is 6.35. The predicted molar refractivity (Wildman–Crippen MR) is 82.1 cm³/mol. The average Bonchev–Trinajstić information content (AvgIpc) is 2.44. The summed E-state index contributed by atoms with van der Waals surface area (Å²) in [6.07, 6.45) is 0. The van der Waals surface area contributed by atoms with E-state index in [1.54, 1.807) is 18.1 Å². The van der Waals surface area contributed by atoms with Crippen molar-refractivity contribution in [3.63, 3.8) is 0 Å². The maximum absolute atomic E-state index is 12.3. The van der Waals surface area contributed by atoms with E-state index in [1.807, 2.05) is 25.1 Å². The van der Waals surface area contributed by atoms with Crippen LogP contribution in [0.15, 0.2) is 24.3 Å². The van der Waals surface area contributed by atoms with Crippen molar-refractivity contribution in [2.75, 3.05) is 32.1 Å². The lowest BCUT2D eigenvalue weighted by Crippen LogP contribution is -2.43. The van der Waals surface area contributed by atoms with Crippen LogP contribution in [-0.4, -0.2) is 37.7 Å². The molecule has 112 valence electrons. The molecule has 0 saturated heterocycles. The zero-order valence-corrected chi connectivity index (χ0v) is 12.8. The molecule has 20 heavy (non-hydrogen) atoms. The SMILES string of the molecule is CCN(CC(C)(C)CN)C(=O)Nc1cccc(OC)c1. The molecule has 0 fully saturated rings. The number of rotatable bonds is 6. The lowest BCUT2D eigenvalue weighted by molar-refractivity contribution is 0.185. The first-order valence-electron chi connectivity index (χ1n) is 6.82. The molecule has 1 rings (SSSR count). The predicted octanol–water partition coefficient (Wildman–Crippen LogP) is 2.53. The van der Waals surface area contributed by atoms with E-state index in [-0.39, 0.29) is 11.4 Å². The number of carbonyl (C=O) groups excluding carboxylic acids is 1. The Bertz CT molecular complexity index is 446. The lowest BCUT2D eigenvalue weighted by Gasteiger charge is -2.31. The van der Waals surface area contributed by atoms with Crippen LogP contribution in [0.5, 0.6) is 5.75 Å². The van der Waals surface area contributed by atoms with Gasteiger partial charge in [0, 0.05) is 24.8 Å². The van der Waals surface area contributed by atoms with Gasteiger partial charge < -0.3 is 20.7 Å². The zero-order valence-electron chi connectivity index (χ0n) is 12.8. The molecule has 3 N–H and O–H groups in total. The van der Waals surface area contributed by atoms with Crippen LogP contribution in [0.4, 0.5) is 10.5 Å². The minimum Gasteiger partial charge on any atom is -0.497 e. The number of carbonyl (C=O) groups is 1. The fraction of sp³-hybridized carbons (Fsp3) is 0.533. The summed E-state index contributed by atoms with van der Waals surface area (Å²) in [5.74, 6) is 0.716. The first kappa shape index (κ1) is 16.3. The Morgan fingerprint density at radius 1 is 1.45 bits per heavy atom. The van der Waals surface area contributed by atoms with Gasteiger partial charge in [-0.15, -0.1) is 0 Å². The van der Waals surface area contributed by atoms with Crippen molar-refractivity contribution in [2.45, 2.75) is 20.8 Å². The molecule has 5 heteroatoms. The lowest BCUT2D eigenvalue weighted by atomic mass is 9.93. The highest BCUT2D eigenvalue weighted by Gasteiger charge is 2.22. The highest BCUT2D eigenvalue weighted by Crippen LogP contribution is 2.19. The Kier molecular flexibility index (Phi) is 5.82. The molecule has 0 aliphatic heterocycles. The van der Waals surface area contributed by atoms with Crippen LogP contribution in [0, 0.1) is 5.41 Å². The van der Waals surface area contributed by atoms with E-state index in [0.717, 1.165) is 5.69 Å². The van der Waals surface area contributed by atoms with E-state index in [4.69, 9.17) is 10.5 Å². The van der Waals surface area contributed by atoms with Crippen molar-refractivity contribution in [2.24, 2.45) is 11.1 Å². The Labute approximate surface area is 121 Å². The summed E-state index contributed by atoms with van der Waals surface area (Å²) < 4.78 is 5.14. The molecule has 0 aliphatic rings. The van der Waals surface area contributed by atoms with Crippen LogP contribution in [0.1, 0.15) is 20.8 Å². The quantitative estimate of drug-likeness (QED) is 0.841. The van der Waals surface area contributed by atoms with Gasteiger partial charge in [0.25, 0.3) is 0 Å². The van der Waals surface area contributed by atoms with E-state index >= 15 is 0 Å². The van der Waals surface area contributed by atoms with E-state index in [2.05, 4.69) is 19.2 Å². The molecule has 0 bridgehead atoms. The topological polar surface area (TPSA) is 67.6 Å². The van der Waals surface area contributed by atoms with Crippen LogP contribution in [0.25, 0.3) is 0 Å². The summed E-state index contributed by atoms with van der Waals surface area (Å²) in [6, 6.07) is 7.18. The van der Waals surface area contributed by atoms with Crippen molar-refractivity contribution < 1.29 is 9.53 Å². The van der Waals surface area contributed by atoms with Crippen molar-refractivity contribution in [3.8, 4) is 5.75 Å². The standard InChI is InChI=1S/C15H25N3O2/c1-5-18(11-15(2,3)10-16)14(19)17-12-7-6-8-13(9-12)20-4/h6-9H,5,10-11,16H2,1-4H3,(H,17,19). The monoisotopic (exact) mass is 279 g/mol. The molecule has 0 aromatic heterocycles. The van der Waals surface area contributed by atoms with Gasteiger partial charge in [0.2, 0.25) is 0 Å². The van der Waals surface area contributed by atoms with Crippen LogP contribution in [0.3, 0.4) is 0 Å². The van der Waals surface area contributed by atoms with Gasteiger partial charge in [0.15, 0.2) is 0 Å².